The molecule has 0 aliphatic heterocycles. The van der Waals surface area contributed by atoms with Crippen LogP contribution in [0.3, 0.4) is 0 Å². The van der Waals surface area contributed by atoms with Crippen LogP contribution in [-0.4, -0.2) is 0 Å². The van der Waals surface area contributed by atoms with Gasteiger partial charge in [0.1, 0.15) is 5.69 Å². The van der Waals surface area contributed by atoms with Gasteiger partial charge in [-0.25, -0.2) is 0 Å². The van der Waals surface area contributed by atoms with E-state index in [4.69, 9.17) is 5.39 Å². The Hall–Kier alpha value is -1.55. The van der Waals surface area contributed by atoms with Crippen molar-refractivity contribution in [1.82, 2.24) is 0 Å². The van der Waals surface area contributed by atoms with E-state index in [1.54, 1.807) is 12.1 Å². The van der Waals surface area contributed by atoms with Crippen LogP contribution in [0.25, 0.3) is 5.08 Å². The number of hydrogen-bond acceptors (Lipinski definition) is 2. The number of para-hydroxylation sites is 1. The van der Waals surface area contributed by atoms with E-state index in [9.17, 15) is 25.2 Å². The average Bonchev–Trinajstić information content (AvgIpc) is 2.01. The maximum absolute atomic E-state index is 10.7. The minimum Gasteiger partial charge on any atom is -0.0621 e. The molecule has 0 fully saturated rings. The molecule has 10 heteroatoms. The van der Waals surface area contributed by atoms with Crippen molar-refractivity contribution >= 4 is 13.5 Å². The van der Waals surface area contributed by atoms with Crippen molar-refractivity contribution in [3.8, 4) is 0 Å². The second-order valence-electron chi connectivity index (χ2n) is 2.54. The Bertz CT molecular complexity index is 367. The number of rotatable bonds is 1. The van der Waals surface area contributed by atoms with Gasteiger partial charge in [-0.1, -0.05) is 18.2 Å². The SMILES string of the molecule is F[P-](F)(F)(F)(F)F.N#[N+]Nc1ccccc1. The third kappa shape index (κ3) is 18.3. The fourth-order valence-corrected chi connectivity index (χ4v) is 0.570. The summed E-state index contributed by atoms with van der Waals surface area (Å²) < 4.78 is 59.2. The number of anilines is 1. The molecule has 1 aromatic carbocycles. The van der Waals surface area contributed by atoms with Gasteiger partial charge in [0, 0.05) is 0 Å². The Morgan fingerprint density at radius 2 is 1.31 bits per heavy atom. The summed E-state index contributed by atoms with van der Waals surface area (Å²) in [6.07, 6.45) is 0. The Kier molecular flexibility index (Phi) is 3.42. The molecule has 1 N–H and O–H groups in total. The van der Waals surface area contributed by atoms with Crippen LogP contribution in [-0.2, 0) is 0 Å². The summed E-state index contributed by atoms with van der Waals surface area (Å²) in [6, 6.07) is 9.21. The predicted molar refractivity (Wildman–Crippen MR) is 48.7 cm³/mol. The second-order valence-corrected chi connectivity index (χ2v) is 4.45. The fourth-order valence-electron chi connectivity index (χ4n) is 0.570. The van der Waals surface area contributed by atoms with Crippen LogP contribution in [0.4, 0.5) is 30.9 Å². The van der Waals surface area contributed by atoms with Gasteiger partial charge in [-0.2, -0.15) is 0 Å². The zero-order valence-electron chi connectivity index (χ0n) is 7.50. The van der Waals surface area contributed by atoms with Crippen LogP contribution < -0.4 is 5.43 Å². The van der Waals surface area contributed by atoms with Gasteiger partial charge in [-0.05, 0) is 17.6 Å². The van der Waals surface area contributed by atoms with Crippen molar-refractivity contribution in [2.45, 2.75) is 0 Å². The first kappa shape index (κ1) is 14.5. The number of benzene rings is 1. The summed E-state index contributed by atoms with van der Waals surface area (Å²) >= 11 is 0. The molecule has 1 rings (SSSR count). The molecule has 3 nitrogen and oxygen atoms in total. The number of nitrogens with one attached hydrogen (secondary N) is 1. The molecule has 0 aliphatic carbocycles. The third-order valence-electron chi connectivity index (χ3n) is 0.953. The summed E-state index contributed by atoms with van der Waals surface area (Å²) in [6.45, 7) is 0. The Morgan fingerprint density at radius 1 is 0.938 bits per heavy atom. The largest absolute Gasteiger partial charge is 0.308 e. The van der Waals surface area contributed by atoms with E-state index in [2.05, 4.69) is 10.5 Å². The van der Waals surface area contributed by atoms with Gasteiger partial charge in [-0.15, -0.1) is 0 Å². The molecule has 0 saturated carbocycles. The zero-order valence-corrected chi connectivity index (χ0v) is 8.39. The number of nitrogens with zero attached hydrogens (tertiary/aromatic N) is 2. The van der Waals surface area contributed by atoms with E-state index in [1.807, 2.05) is 18.2 Å². The Balaban J connectivity index is 0.000000293. The van der Waals surface area contributed by atoms with Crippen LogP contribution in [0.1, 0.15) is 0 Å². The van der Waals surface area contributed by atoms with E-state index in [1.165, 1.54) is 0 Å². The van der Waals surface area contributed by atoms with Crippen molar-refractivity contribution in [1.29, 1.82) is 5.39 Å². The average molecular weight is 265 g/mol. The topological polar surface area (TPSA) is 40.2 Å². The maximum atomic E-state index is 9.87. The molecule has 16 heavy (non-hydrogen) atoms. The number of halogens is 6. The summed E-state index contributed by atoms with van der Waals surface area (Å²) in [5.74, 6) is 0. The van der Waals surface area contributed by atoms with Crippen LogP contribution in [0, 0.1) is 5.39 Å². The van der Waals surface area contributed by atoms with E-state index >= 15 is 0 Å². The second kappa shape index (κ2) is 3.79. The summed E-state index contributed by atoms with van der Waals surface area (Å²) in [5, 5.41) is 10.8. The molecule has 92 valence electrons. The molecular weight excluding hydrogens is 259 g/mol. The maximum Gasteiger partial charge on any atom is 0.308 e. The predicted octanol–water partition coefficient (Wildman–Crippen LogP) is 5.25. The molecular formula is C6H6F6N3P. The normalized spacial score (nSPS) is 14.6. The van der Waals surface area contributed by atoms with Crippen LogP contribution in [0.2, 0.25) is 0 Å². The minimum absolute atomic E-state index is 0.778. The number of diazo groups is 1. The quantitative estimate of drug-likeness (QED) is 0.326. The molecule has 0 bridgehead atoms. The smallest absolute Gasteiger partial charge is 0.0621 e. The first-order valence-electron chi connectivity index (χ1n) is 3.60. The fraction of sp³-hybridized carbons (Fsp3) is 0. The van der Waals surface area contributed by atoms with E-state index in [-0.39, 0.29) is 0 Å². The molecule has 0 atom stereocenters. The third-order valence-corrected chi connectivity index (χ3v) is 0.953. The first-order chi connectivity index (χ1) is 6.88. The Labute approximate surface area is 85.9 Å². The monoisotopic (exact) mass is 265 g/mol. The summed E-state index contributed by atoms with van der Waals surface area (Å²) in [4.78, 5) is 0. The van der Waals surface area contributed by atoms with E-state index < -0.39 is 7.81 Å². The van der Waals surface area contributed by atoms with Gasteiger partial charge in [-0.3, -0.25) is 0 Å². The minimum atomic E-state index is -10.7. The molecule has 0 heterocycles. The van der Waals surface area contributed by atoms with Gasteiger partial charge >= 0.3 is 38.1 Å². The summed E-state index contributed by atoms with van der Waals surface area (Å²) in [5.41, 5.74) is 3.17. The first-order valence-corrected chi connectivity index (χ1v) is 5.63. The molecule has 0 amide bonds. The van der Waals surface area contributed by atoms with E-state index in [0.29, 0.717) is 0 Å². The molecule has 0 spiro atoms. The van der Waals surface area contributed by atoms with Crippen molar-refractivity contribution in [3.05, 3.63) is 35.4 Å². The van der Waals surface area contributed by atoms with Crippen molar-refractivity contribution in [3.63, 3.8) is 0 Å². The van der Waals surface area contributed by atoms with Crippen molar-refractivity contribution in [2.24, 2.45) is 0 Å². The van der Waals surface area contributed by atoms with Gasteiger partial charge < -0.3 is 0 Å². The molecule has 0 saturated heterocycles. The standard InChI is InChI=1S/C6H6N3.F6P/c7-9-8-6-4-2-1-3-5-6;1-7(2,3,4,5)6/h1-5,8H;/q+1;-1. The van der Waals surface area contributed by atoms with Gasteiger partial charge in [0.2, 0.25) is 0 Å². The zero-order chi connectivity index (χ0) is 12.9. The Morgan fingerprint density at radius 3 is 1.62 bits per heavy atom. The van der Waals surface area contributed by atoms with Crippen LogP contribution in [0.15, 0.2) is 30.3 Å². The molecule has 0 aliphatic rings. The molecule has 0 radical (unpaired) electrons. The number of hydrogen-bond donors (Lipinski definition) is 1. The molecule has 0 aromatic heterocycles. The van der Waals surface area contributed by atoms with Crippen molar-refractivity contribution in [2.75, 3.05) is 5.43 Å². The molecule has 1 aromatic rings. The van der Waals surface area contributed by atoms with Gasteiger partial charge in [0.25, 0.3) is 5.39 Å². The van der Waals surface area contributed by atoms with Crippen LogP contribution >= 0.6 is 7.81 Å². The summed E-state index contributed by atoms with van der Waals surface area (Å²) in [7, 11) is -10.7. The van der Waals surface area contributed by atoms with Crippen LogP contribution in [0.5, 0.6) is 0 Å². The van der Waals surface area contributed by atoms with Gasteiger partial charge in [0.05, 0.1) is 0 Å². The van der Waals surface area contributed by atoms with Gasteiger partial charge in [0.15, 0.2) is 0 Å². The van der Waals surface area contributed by atoms with Crippen molar-refractivity contribution < 1.29 is 25.2 Å². The van der Waals surface area contributed by atoms with E-state index in [0.717, 1.165) is 5.69 Å². The molecule has 0 unspecified atom stereocenters.